The number of aliphatic hydroxyl groups excluding tert-OH is 4. The third kappa shape index (κ3) is 16.8. The molecule has 0 aliphatic carbocycles. The van der Waals surface area contributed by atoms with Crippen LogP contribution in [0.5, 0.6) is 0 Å². The number of carbonyl (C=O) groups is 3. The van der Waals surface area contributed by atoms with Crippen molar-refractivity contribution in [3.8, 4) is 0 Å². The number of piperidine rings is 1. The lowest BCUT2D eigenvalue weighted by Gasteiger charge is -2.48. The van der Waals surface area contributed by atoms with Gasteiger partial charge in [0.2, 0.25) is 5.91 Å². The summed E-state index contributed by atoms with van der Waals surface area (Å²) in [6.45, 7) is 18.9. The fraction of sp³-hybridized carbons (Fsp3) is 0.721. The summed E-state index contributed by atoms with van der Waals surface area (Å²) in [5, 5.41) is 72.1. The van der Waals surface area contributed by atoms with Crippen molar-refractivity contribution >= 4 is 40.3 Å². The minimum atomic E-state index is -1.80. The number of hydrogen-bond acceptors (Lipinski definition) is 17. The number of likely N-dealkylation sites (N-methyl/N-ethyl adjacent to an activating group) is 2. The van der Waals surface area contributed by atoms with Gasteiger partial charge in [0.1, 0.15) is 47.6 Å². The standard InChI is InChI=1S/C38H72N2O12.C23H23ClFN3O3/c1-15-27-38(10,46)31(42)24(6)40(13)19-20(2)17-36(8,45)33(52-35-29(41)26(39(11)12)16-21(3)48-35)22(4)30(23(5)34(44)50-27)51-28-18-37(9,47-14)32(43)25(7)49-28;24-16-3-6-19-15(12-16)13-20(26-19)22(30)27-21(11-14-1-4-17(25)5-2-14)23(31)28-9-7-18(29)8-10-28/h20-33,35,41-43,45-46H,15-19H2,1-14H3;1-6,12-13,18,21,26,29H,7-11H2,(H,27,30)/t20-,21-,22+,23-,24-,25+,26+,27-,28+,29-,30+,31-,32+,33-,35+,36-,37-,38-;21-/m10/s1. The van der Waals surface area contributed by atoms with Crippen molar-refractivity contribution in [2.45, 2.75) is 217 Å². The van der Waals surface area contributed by atoms with Crippen molar-refractivity contribution in [2.75, 3.05) is 47.9 Å². The van der Waals surface area contributed by atoms with Crippen LogP contribution in [-0.2, 0) is 44.4 Å². The number of ether oxygens (including phenoxy) is 6. The van der Waals surface area contributed by atoms with Gasteiger partial charge in [0.15, 0.2) is 12.6 Å². The second-order valence-electron chi connectivity index (χ2n) is 25.0. The Kier molecular flexibility index (Phi) is 23.6. The highest BCUT2D eigenvalue weighted by Gasteiger charge is 2.53. The van der Waals surface area contributed by atoms with E-state index in [4.69, 9.17) is 40.0 Å². The zero-order chi connectivity index (χ0) is 61.6. The molecule has 4 fully saturated rings. The van der Waals surface area contributed by atoms with E-state index in [1.807, 2.05) is 51.7 Å². The smallest absolute Gasteiger partial charge is 0.311 e. The van der Waals surface area contributed by atoms with Crippen LogP contribution in [0.15, 0.2) is 48.5 Å². The predicted molar refractivity (Wildman–Crippen MR) is 311 cm³/mol. The number of esters is 1. The van der Waals surface area contributed by atoms with Gasteiger partial charge in [-0.3, -0.25) is 14.4 Å². The Morgan fingerprint density at radius 2 is 1.58 bits per heavy atom. The molecule has 2 amide bonds. The van der Waals surface area contributed by atoms with Gasteiger partial charge >= 0.3 is 5.97 Å². The number of methoxy groups -OCH3 is 1. The maximum atomic E-state index is 14.2. The molecule has 5 heterocycles. The van der Waals surface area contributed by atoms with Crippen molar-refractivity contribution < 1.29 is 77.8 Å². The van der Waals surface area contributed by atoms with E-state index >= 15 is 0 Å². The Bertz CT molecular complexity index is 2590. The van der Waals surface area contributed by atoms with Crippen LogP contribution in [0.1, 0.15) is 124 Å². The summed E-state index contributed by atoms with van der Waals surface area (Å²) in [4.78, 5) is 48.9. The normalized spacial score (nSPS) is 37.0. The Balaban J connectivity index is 0.000000301. The molecule has 22 heteroatoms. The number of aromatic amines is 1. The van der Waals surface area contributed by atoms with E-state index in [2.05, 4.69) is 10.3 Å². The number of halogens is 2. The van der Waals surface area contributed by atoms with E-state index in [-0.39, 0.29) is 55.5 Å². The molecule has 1 aromatic heterocycles. The third-order valence-corrected chi connectivity index (χ3v) is 18.0. The summed E-state index contributed by atoms with van der Waals surface area (Å²) < 4.78 is 50.8. The van der Waals surface area contributed by atoms with Crippen molar-refractivity contribution in [3.05, 3.63) is 70.6 Å². The van der Waals surface area contributed by atoms with Gasteiger partial charge in [0.05, 0.1) is 47.6 Å². The number of rotatable bonds is 12. The van der Waals surface area contributed by atoms with E-state index in [1.54, 1.807) is 82.8 Å². The summed E-state index contributed by atoms with van der Waals surface area (Å²) in [7, 11) is 7.12. The van der Waals surface area contributed by atoms with Crippen LogP contribution in [0.4, 0.5) is 4.39 Å². The molecule has 7 rings (SSSR count). The van der Waals surface area contributed by atoms with Crippen LogP contribution < -0.4 is 5.32 Å². The van der Waals surface area contributed by atoms with Crippen LogP contribution in [0.3, 0.4) is 0 Å². The molecule has 4 saturated heterocycles. The number of carbonyl (C=O) groups excluding carboxylic acids is 3. The molecule has 0 radical (unpaired) electrons. The monoisotopic (exact) mass is 1190 g/mol. The fourth-order valence-electron chi connectivity index (χ4n) is 12.6. The van der Waals surface area contributed by atoms with Crippen LogP contribution >= 0.6 is 11.6 Å². The van der Waals surface area contributed by atoms with E-state index in [0.717, 1.165) is 16.5 Å². The molecule has 8 N–H and O–H groups in total. The first-order valence-electron chi connectivity index (χ1n) is 29.3. The summed E-state index contributed by atoms with van der Waals surface area (Å²) in [5.41, 5.74) is -2.55. The SMILES string of the molecule is CC[C@H]1OC(=O)[C@H](C)[C@@H](O[C@H]2C[C@@](C)(OC)[C@@H](O)[C@H](C)O2)[C@H](C)[C@@H](O[C@@H]2O[C@H](C)C[C@H](N(C)C)[C@H]2O)[C@](C)(O)C[C@@H](C)CN(C)[C@H](C)[C@@H](O)[C@]1(C)O.O=C(N[C@@H](Cc1ccc(F)cc1)C(=O)N1CCC(O)CC1)c1cc2cc(Cl)ccc2[nH]1. The first-order valence-corrected chi connectivity index (χ1v) is 29.7. The van der Waals surface area contributed by atoms with E-state index in [9.17, 15) is 49.4 Å². The number of nitrogens with zero attached hydrogens (tertiary/aromatic N) is 3. The number of cyclic esters (lactones) is 1. The average molecular weight is 1190 g/mol. The molecule has 20 nitrogen and oxygen atoms in total. The molecule has 3 aromatic rings. The summed E-state index contributed by atoms with van der Waals surface area (Å²) in [5.74, 6) is -3.58. The first-order chi connectivity index (χ1) is 38.8. The van der Waals surface area contributed by atoms with Gasteiger partial charge in [0.25, 0.3) is 5.91 Å². The Labute approximate surface area is 494 Å². The lowest BCUT2D eigenvalue weighted by Crippen LogP contribution is -2.60. The zero-order valence-electron chi connectivity index (χ0n) is 51.0. The van der Waals surface area contributed by atoms with Crippen molar-refractivity contribution in [1.29, 1.82) is 0 Å². The summed E-state index contributed by atoms with van der Waals surface area (Å²) in [6, 6.07) is 11.2. The van der Waals surface area contributed by atoms with Gasteiger partial charge in [-0.05, 0) is 150 Å². The van der Waals surface area contributed by atoms with Gasteiger partial charge in [-0.25, -0.2) is 4.39 Å². The molecule has 0 spiro atoms. The number of H-pyrrole nitrogens is 1. The minimum Gasteiger partial charge on any atom is -0.459 e. The third-order valence-electron chi connectivity index (χ3n) is 17.8. The van der Waals surface area contributed by atoms with E-state index in [1.165, 1.54) is 26.2 Å². The molecule has 0 bridgehead atoms. The van der Waals surface area contributed by atoms with Gasteiger partial charge in [-0.2, -0.15) is 0 Å². The number of fused-ring (bicyclic) bond motifs is 1. The van der Waals surface area contributed by atoms with Crippen LogP contribution in [0.2, 0.25) is 5.02 Å². The van der Waals surface area contributed by atoms with Crippen molar-refractivity contribution in [2.24, 2.45) is 17.8 Å². The molecule has 4 aliphatic heterocycles. The average Bonchev–Trinajstić information content (AvgIpc) is 4.02. The Morgan fingerprint density at radius 3 is 2.19 bits per heavy atom. The summed E-state index contributed by atoms with van der Waals surface area (Å²) in [6.07, 6.45) is -7.36. The van der Waals surface area contributed by atoms with Gasteiger partial charge < -0.3 is 84.1 Å². The maximum absolute atomic E-state index is 14.2. The molecular weight excluding hydrogens is 1100 g/mol. The number of benzene rings is 2. The zero-order valence-corrected chi connectivity index (χ0v) is 51.7. The number of likely N-dealkylation sites (tertiary alicyclic amines) is 1. The highest BCUT2D eigenvalue weighted by molar-refractivity contribution is 6.31. The molecule has 2 aromatic carbocycles. The number of aliphatic hydroxyl groups is 6. The number of amides is 2. The van der Waals surface area contributed by atoms with Crippen LogP contribution in [0, 0.1) is 23.6 Å². The molecular formula is C61H95ClFN5O15. The van der Waals surface area contributed by atoms with Gasteiger partial charge in [0, 0.05) is 73.5 Å². The van der Waals surface area contributed by atoms with Crippen LogP contribution in [0.25, 0.3) is 10.9 Å². The highest BCUT2D eigenvalue weighted by Crippen LogP contribution is 2.40. The van der Waals surface area contributed by atoms with Crippen molar-refractivity contribution in [3.63, 3.8) is 0 Å². The quantitative estimate of drug-likeness (QED) is 0.109. The molecule has 0 unspecified atom stereocenters. The van der Waals surface area contributed by atoms with Gasteiger partial charge in [-0.15, -0.1) is 0 Å². The van der Waals surface area contributed by atoms with Gasteiger partial charge in [-0.1, -0.05) is 44.5 Å². The first kappa shape index (κ1) is 68.2. The molecule has 19 atom stereocenters. The van der Waals surface area contributed by atoms with Crippen LogP contribution in [-0.4, -0.2) is 218 Å². The molecule has 0 saturated carbocycles. The maximum Gasteiger partial charge on any atom is 0.311 e. The Hall–Kier alpha value is -3.91. The molecule has 468 valence electrons. The lowest BCUT2D eigenvalue weighted by atomic mass is 9.77. The highest BCUT2D eigenvalue weighted by atomic mass is 35.5. The van der Waals surface area contributed by atoms with E-state index in [0.29, 0.717) is 49.6 Å². The minimum absolute atomic E-state index is 0.133. The predicted octanol–water partition coefficient (Wildman–Crippen LogP) is 5.19. The Morgan fingerprint density at radius 1 is 0.928 bits per heavy atom. The second kappa shape index (κ2) is 28.7. The molecule has 83 heavy (non-hydrogen) atoms. The molecule has 4 aliphatic rings. The summed E-state index contributed by atoms with van der Waals surface area (Å²) >= 11 is 6.02. The lowest BCUT2D eigenvalue weighted by molar-refractivity contribution is -0.318. The van der Waals surface area contributed by atoms with Crippen molar-refractivity contribution in [1.82, 2.24) is 25.0 Å². The number of hydrogen-bond donors (Lipinski definition) is 8. The number of nitrogens with one attached hydrogen (secondary N) is 2. The fourth-order valence-corrected chi connectivity index (χ4v) is 12.7. The largest absolute Gasteiger partial charge is 0.459 e. The topological polar surface area (TPSA) is 266 Å². The van der Waals surface area contributed by atoms with E-state index < -0.39 is 114 Å². The second-order valence-corrected chi connectivity index (χ2v) is 25.4. The number of aromatic nitrogens is 1.